The van der Waals surface area contributed by atoms with Crippen molar-refractivity contribution in [2.24, 2.45) is 5.73 Å². The molecule has 4 heterocycles. The molecule has 5 rings (SSSR count). The maximum Gasteiger partial charge on any atom is 0.352 e. The van der Waals surface area contributed by atoms with Crippen LogP contribution in [0, 0.1) is 0 Å². The molecule has 1 aromatic carbocycles. The first-order valence-electron chi connectivity index (χ1n) is 9.50. The zero-order valence-corrected chi connectivity index (χ0v) is 18.0. The van der Waals surface area contributed by atoms with Crippen LogP contribution in [-0.2, 0) is 9.59 Å². The Hall–Kier alpha value is -3.22. The second-order valence-electron chi connectivity index (χ2n) is 7.27. The average Bonchev–Trinajstić information content (AvgIpc) is 3.26. The minimum atomic E-state index is -1.15. The number of aromatic hydroxyl groups is 2. The fourth-order valence-corrected chi connectivity index (χ4v) is 6.11. The zero-order valence-electron chi connectivity index (χ0n) is 16.4. The van der Waals surface area contributed by atoms with E-state index in [4.69, 9.17) is 5.73 Å². The first-order chi connectivity index (χ1) is 15.3. The summed E-state index contributed by atoms with van der Waals surface area (Å²) >= 11 is 2.83. The van der Waals surface area contributed by atoms with Crippen molar-refractivity contribution in [1.29, 1.82) is 0 Å². The van der Waals surface area contributed by atoms with Gasteiger partial charge in [-0.1, -0.05) is 0 Å². The van der Waals surface area contributed by atoms with Crippen LogP contribution in [-0.4, -0.2) is 69.6 Å². The standard InChI is InChI=1S/C20H17N5O5S2/c21-16-18(28)24-17(20(29)30)10(8-32-19(16)24)7-31-15-6-11(23-14-3-4-22-25(14)15)9-1-2-12(26)13(27)5-9/h1-6,16,19,26-27H,7-8,21H2,(H,29,30)/t16-,19-/m1/s1. The molecular weight excluding hydrogens is 454 g/mol. The highest BCUT2D eigenvalue weighted by Gasteiger charge is 2.51. The van der Waals surface area contributed by atoms with Gasteiger partial charge in [0.2, 0.25) is 5.91 Å². The number of carbonyl (C=O) groups is 2. The van der Waals surface area contributed by atoms with Gasteiger partial charge in [-0.2, -0.15) is 5.10 Å². The van der Waals surface area contributed by atoms with Gasteiger partial charge in [-0.3, -0.25) is 9.69 Å². The molecule has 12 heteroatoms. The lowest BCUT2D eigenvalue weighted by Gasteiger charge is -2.48. The summed E-state index contributed by atoms with van der Waals surface area (Å²) in [6.45, 7) is 0. The van der Waals surface area contributed by atoms with E-state index in [1.165, 1.54) is 40.6 Å². The van der Waals surface area contributed by atoms with Gasteiger partial charge >= 0.3 is 5.97 Å². The Morgan fingerprint density at radius 2 is 2.06 bits per heavy atom. The van der Waals surface area contributed by atoms with E-state index in [9.17, 15) is 24.9 Å². The van der Waals surface area contributed by atoms with E-state index in [1.807, 2.05) is 0 Å². The van der Waals surface area contributed by atoms with Gasteiger partial charge in [-0.05, 0) is 29.8 Å². The number of hydrogen-bond acceptors (Lipinski definition) is 9. The number of benzene rings is 1. The van der Waals surface area contributed by atoms with Gasteiger partial charge < -0.3 is 21.1 Å². The summed E-state index contributed by atoms with van der Waals surface area (Å²) in [7, 11) is 0. The van der Waals surface area contributed by atoms with E-state index in [1.54, 1.807) is 28.9 Å². The number of hydrogen-bond donors (Lipinski definition) is 4. The number of β-lactam (4-membered cyclic amide) rings is 1. The summed E-state index contributed by atoms with van der Waals surface area (Å²) in [5, 5.41) is 33.8. The van der Waals surface area contributed by atoms with Crippen molar-refractivity contribution in [2.75, 3.05) is 11.5 Å². The number of aliphatic carboxylic acids is 1. The average molecular weight is 472 g/mol. The summed E-state index contributed by atoms with van der Waals surface area (Å²) < 4.78 is 1.64. The van der Waals surface area contributed by atoms with E-state index < -0.39 is 12.0 Å². The van der Waals surface area contributed by atoms with E-state index >= 15 is 0 Å². The van der Waals surface area contributed by atoms with E-state index in [-0.39, 0.29) is 28.5 Å². The maximum atomic E-state index is 12.1. The molecule has 0 spiro atoms. The van der Waals surface area contributed by atoms with Crippen LogP contribution in [0.3, 0.4) is 0 Å². The summed E-state index contributed by atoms with van der Waals surface area (Å²) in [5.74, 6) is -1.22. The highest BCUT2D eigenvalue weighted by atomic mass is 32.2. The third kappa shape index (κ3) is 3.27. The van der Waals surface area contributed by atoms with Crippen molar-refractivity contribution in [1.82, 2.24) is 19.5 Å². The number of nitrogens with zero attached hydrogens (tertiary/aromatic N) is 4. The molecule has 10 nitrogen and oxygen atoms in total. The molecule has 0 saturated carbocycles. The SMILES string of the molecule is N[C@@H]1C(=O)N2C(C(=O)O)=C(CSc3cc(-c4ccc(O)c(O)c4)nc4ccnn34)CS[C@H]12. The van der Waals surface area contributed by atoms with E-state index in [0.29, 0.717) is 39.0 Å². The van der Waals surface area contributed by atoms with Crippen molar-refractivity contribution in [3.05, 3.63) is 47.8 Å². The number of rotatable bonds is 5. The Morgan fingerprint density at radius 1 is 1.25 bits per heavy atom. The van der Waals surface area contributed by atoms with Crippen LogP contribution < -0.4 is 5.73 Å². The molecule has 3 aromatic rings. The van der Waals surface area contributed by atoms with Crippen molar-refractivity contribution in [3.8, 4) is 22.8 Å². The number of nitrogens with two attached hydrogens (primary N) is 1. The first-order valence-corrected chi connectivity index (χ1v) is 11.5. The lowest BCUT2D eigenvalue weighted by molar-refractivity contribution is -0.147. The highest BCUT2D eigenvalue weighted by molar-refractivity contribution is 8.01. The monoisotopic (exact) mass is 471 g/mol. The number of amides is 1. The molecule has 0 bridgehead atoms. The number of thioether (sulfide) groups is 2. The number of fused-ring (bicyclic) bond motifs is 2. The summed E-state index contributed by atoms with van der Waals surface area (Å²) in [4.78, 5) is 29.9. The second kappa shape index (κ2) is 7.73. The van der Waals surface area contributed by atoms with Gasteiger partial charge in [0.15, 0.2) is 17.1 Å². The third-order valence-electron chi connectivity index (χ3n) is 5.28. The quantitative estimate of drug-likeness (QED) is 0.186. The smallest absolute Gasteiger partial charge is 0.352 e. The third-order valence-corrected chi connectivity index (χ3v) is 7.72. The number of phenols is 2. The Labute approximate surface area is 189 Å². The minimum absolute atomic E-state index is 0.00222. The predicted molar refractivity (Wildman–Crippen MR) is 118 cm³/mol. The molecule has 5 N–H and O–H groups in total. The Morgan fingerprint density at radius 3 is 2.81 bits per heavy atom. The molecule has 0 aliphatic carbocycles. The molecule has 164 valence electrons. The van der Waals surface area contributed by atoms with E-state index in [0.717, 1.165) is 0 Å². The molecule has 0 radical (unpaired) electrons. The fourth-order valence-electron chi connectivity index (χ4n) is 3.67. The lowest BCUT2D eigenvalue weighted by Crippen LogP contribution is -2.68. The first kappa shape index (κ1) is 20.7. The van der Waals surface area contributed by atoms with Crippen LogP contribution in [0.2, 0.25) is 0 Å². The van der Waals surface area contributed by atoms with Crippen molar-refractivity contribution >= 4 is 41.0 Å². The van der Waals surface area contributed by atoms with Gasteiger partial charge in [-0.15, -0.1) is 23.5 Å². The van der Waals surface area contributed by atoms with Gasteiger partial charge in [0.25, 0.3) is 0 Å². The molecule has 2 aliphatic heterocycles. The molecule has 1 saturated heterocycles. The Balaban J connectivity index is 1.49. The number of carboxylic acid groups (broad SMARTS) is 1. The molecule has 32 heavy (non-hydrogen) atoms. The lowest BCUT2D eigenvalue weighted by atomic mass is 10.0. The van der Waals surface area contributed by atoms with Crippen LogP contribution in [0.25, 0.3) is 16.9 Å². The van der Waals surface area contributed by atoms with Crippen molar-refractivity contribution < 1.29 is 24.9 Å². The largest absolute Gasteiger partial charge is 0.504 e. The summed E-state index contributed by atoms with van der Waals surface area (Å²) in [6, 6.07) is 7.28. The summed E-state index contributed by atoms with van der Waals surface area (Å²) in [5.41, 5.74) is 8.18. The van der Waals surface area contributed by atoms with Crippen LogP contribution >= 0.6 is 23.5 Å². The molecule has 0 unspecified atom stereocenters. The van der Waals surface area contributed by atoms with Gasteiger partial charge in [-0.25, -0.2) is 14.3 Å². The van der Waals surface area contributed by atoms with Crippen molar-refractivity contribution in [2.45, 2.75) is 16.4 Å². The normalized spacial score (nSPS) is 20.4. The zero-order chi connectivity index (χ0) is 22.6. The topological polar surface area (TPSA) is 154 Å². The second-order valence-corrected chi connectivity index (χ2v) is 9.37. The molecule has 1 fully saturated rings. The fraction of sp³-hybridized carbons (Fsp3) is 0.200. The van der Waals surface area contributed by atoms with E-state index in [2.05, 4.69) is 10.1 Å². The van der Waals surface area contributed by atoms with Crippen LogP contribution in [0.15, 0.2) is 52.8 Å². The molecule has 2 atom stereocenters. The number of phenolic OH excluding ortho intramolecular Hbond substituents is 2. The van der Waals surface area contributed by atoms with Crippen LogP contribution in [0.5, 0.6) is 11.5 Å². The number of carbonyl (C=O) groups excluding carboxylic acids is 1. The Kier molecular flexibility index (Phi) is 4.99. The molecular formula is C20H17N5O5S2. The molecule has 1 amide bonds. The summed E-state index contributed by atoms with van der Waals surface area (Å²) in [6.07, 6.45) is 1.60. The number of carboxylic acids is 1. The van der Waals surface area contributed by atoms with Crippen LogP contribution in [0.4, 0.5) is 0 Å². The van der Waals surface area contributed by atoms with Gasteiger partial charge in [0.1, 0.15) is 22.1 Å². The van der Waals surface area contributed by atoms with Gasteiger partial charge in [0, 0.05) is 23.1 Å². The van der Waals surface area contributed by atoms with Crippen LogP contribution in [0.1, 0.15) is 0 Å². The van der Waals surface area contributed by atoms with Gasteiger partial charge in [0.05, 0.1) is 11.9 Å². The predicted octanol–water partition coefficient (Wildman–Crippen LogP) is 1.48. The molecule has 2 aromatic heterocycles. The van der Waals surface area contributed by atoms with Crippen molar-refractivity contribution in [3.63, 3.8) is 0 Å². The minimum Gasteiger partial charge on any atom is -0.504 e. The molecule has 2 aliphatic rings. The highest BCUT2D eigenvalue weighted by Crippen LogP contribution is 2.41. The Bertz CT molecular complexity index is 1310. The maximum absolute atomic E-state index is 12.1. The number of aromatic nitrogens is 3.